The Labute approximate surface area is 110 Å². The molecule has 0 fully saturated rings. The van der Waals surface area contributed by atoms with Gasteiger partial charge in [-0.3, -0.25) is 4.79 Å². The molecule has 2 rings (SSSR count). The molecule has 0 radical (unpaired) electrons. The number of nitrogens with two attached hydrogens (primary N) is 2. The summed E-state index contributed by atoms with van der Waals surface area (Å²) in [4.78, 5) is 10.7. The number of nitrogen functional groups attached to an aromatic ring is 2. The lowest BCUT2D eigenvalue weighted by Gasteiger charge is -2.13. The number of benzene rings is 2. The Morgan fingerprint density at radius 2 is 1.74 bits per heavy atom. The molecule has 2 aromatic carbocycles. The van der Waals surface area contributed by atoms with Crippen LogP contribution in [0.5, 0.6) is 17.2 Å². The zero-order valence-corrected chi connectivity index (χ0v) is 10.4. The van der Waals surface area contributed by atoms with Gasteiger partial charge in [-0.2, -0.15) is 0 Å². The normalized spacial score (nSPS) is 9.95. The van der Waals surface area contributed by atoms with Gasteiger partial charge in [0.1, 0.15) is 6.29 Å². The lowest BCUT2D eigenvalue weighted by molar-refractivity contribution is 0.112. The average Bonchev–Trinajstić information content (AvgIpc) is 2.43. The molecule has 0 spiro atoms. The molecule has 19 heavy (non-hydrogen) atoms. The standard InChI is InChI=1S/C14H14N2O3/c1-18-13-7-9(8-17)5-6-12(13)19-14-10(15)3-2-4-11(14)16/h2-8H,15-16H2,1H3. The molecule has 0 heterocycles. The Kier molecular flexibility index (Phi) is 3.56. The summed E-state index contributed by atoms with van der Waals surface area (Å²) in [6, 6.07) is 9.96. The van der Waals surface area contributed by atoms with Gasteiger partial charge in [0.05, 0.1) is 18.5 Å². The van der Waals surface area contributed by atoms with Crippen LogP contribution in [0.2, 0.25) is 0 Å². The zero-order chi connectivity index (χ0) is 13.8. The number of aldehydes is 1. The number of hydrogen-bond donors (Lipinski definition) is 2. The van der Waals surface area contributed by atoms with E-state index >= 15 is 0 Å². The maximum atomic E-state index is 10.7. The third-order valence-corrected chi connectivity index (χ3v) is 2.61. The molecule has 0 aliphatic carbocycles. The van der Waals surface area contributed by atoms with Gasteiger partial charge in [0.15, 0.2) is 17.2 Å². The van der Waals surface area contributed by atoms with Crippen LogP contribution in [-0.2, 0) is 0 Å². The fourth-order valence-electron chi connectivity index (χ4n) is 1.64. The van der Waals surface area contributed by atoms with Gasteiger partial charge < -0.3 is 20.9 Å². The van der Waals surface area contributed by atoms with E-state index in [1.807, 2.05) is 0 Å². The van der Waals surface area contributed by atoms with E-state index in [0.717, 1.165) is 6.29 Å². The highest BCUT2D eigenvalue weighted by Gasteiger charge is 2.11. The largest absolute Gasteiger partial charge is 0.493 e. The van der Waals surface area contributed by atoms with E-state index in [0.29, 0.717) is 34.2 Å². The third-order valence-electron chi connectivity index (χ3n) is 2.61. The molecule has 0 saturated carbocycles. The van der Waals surface area contributed by atoms with E-state index in [4.69, 9.17) is 20.9 Å². The molecule has 0 aliphatic heterocycles. The second kappa shape index (κ2) is 5.30. The summed E-state index contributed by atoms with van der Waals surface area (Å²) in [5.41, 5.74) is 13.0. The maximum absolute atomic E-state index is 10.7. The first-order valence-electron chi connectivity index (χ1n) is 5.60. The summed E-state index contributed by atoms with van der Waals surface area (Å²) in [5.74, 6) is 1.25. The van der Waals surface area contributed by atoms with E-state index in [2.05, 4.69) is 0 Å². The molecular weight excluding hydrogens is 244 g/mol. The minimum absolute atomic E-state index is 0.375. The fourth-order valence-corrected chi connectivity index (χ4v) is 1.64. The van der Waals surface area contributed by atoms with Gasteiger partial charge in [-0.15, -0.1) is 0 Å². The second-order valence-corrected chi connectivity index (χ2v) is 3.90. The predicted molar refractivity (Wildman–Crippen MR) is 73.7 cm³/mol. The molecule has 0 amide bonds. The summed E-state index contributed by atoms with van der Waals surface area (Å²) in [7, 11) is 1.49. The van der Waals surface area contributed by atoms with Crippen molar-refractivity contribution < 1.29 is 14.3 Å². The van der Waals surface area contributed by atoms with Crippen molar-refractivity contribution in [1.82, 2.24) is 0 Å². The number of para-hydroxylation sites is 1. The van der Waals surface area contributed by atoms with Gasteiger partial charge in [-0.25, -0.2) is 0 Å². The van der Waals surface area contributed by atoms with Gasteiger partial charge >= 0.3 is 0 Å². The van der Waals surface area contributed by atoms with Crippen LogP contribution in [-0.4, -0.2) is 13.4 Å². The molecule has 0 aliphatic rings. The van der Waals surface area contributed by atoms with Crippen molar-refractivity contribution in [1.29, 1.82) is 0 Å². The lowest BCUT2D eigenvalue weighted by Crippen LogP contribution is -1.98. The summed E-state index contributed by atoms with van der Waals surface area (Å²) in [6.45, 7) is 0. The Hall–Kier alpha value is -2.69. The van der Waals surface area contributed by atoms with Gasteiger partial charge in [-0.05, 0) is 30.3 Å². The molecule has 0 bridgehead atoms. The Bertz CT molecular complexity index is 591. The summed E-state index contributed by atoms with van der Waals surface area (Å²) >= 11 is 0. The monoisotopic (exact) mass is 258 g/mol. The molecule has 5 heteroatoms. The molecule has 0 aromatic heterocycles. The minimum Gasteiger partial charge on any atom is -0.493 e. The highest BCUT2D eigenvalue weighted by molar-refractivity contribution is 5.76. The van der Waals surface area contributed by atoms with Crippen LogP contribution in [0.3, 0.4) is 0 Å². The number of ether oxygens (including phenoxy) is 2. The minimum atomic E-state index is 0.375. The van der Waals surface area contributed by atoms with Crippen LogP contribution in [0.4, 0.5) is 11.4 Å². The first-order chi connectivity index (χ1) is 9.15. The molecule has 0 unspecified atom stereocenters. The Morgan fingerprint density at radius 1 is 1.05 bits per heavy atom. The topological polar surface area (TPSA) is 87.6 Å². The van der Waals surface area contributed by atoms with Crippen LogP contribution in [0, 0.1) is 0 Å². The fraction of sp³-hybridized carbons (Fsp3) is 0.0714. The van der Waals surface area contributed by atoms with Gasteiger partial charge in [0, 0.05) is 5.56 Å². The van der Waals surface area contributed by atoms with E-state index < -0.39 is 0 Å². The van der Waals surface area contributed by atoms with Crippen LogP contribution in [0.15, 0.2) is 36.4 Å². The summed E-state index contributed by atoms with van der Waals surface area (Å²) < 4.78 is 10.8. The average molecular weight is 258 g/mol. The highest BCUT2D eigenvalue weighted by Crippen LogP contribution is 2.37. The zero-order valence-electron chi connectivity index (χ0n) is 10.4. The van der Waals surface area contributed by atoms with E-state index in [-0.39, 0.29) is 0 Å². The van der Waals surface area contributed by atoms with Crippen LogP contribution < -0.4 is 20.9 Å². The molecular formula is C14H14N2O3. The number of carbonyl (C=O) groups excluding carboxylic acids is 1. The first-order valence-corrected chi connectivity index (χ1v) is 5.60. The van der Waals surface area contributed by atoms with Crippen molar-refractivity contribution in [3.8, 4) is 17.2 Å². The number of anilines is 2. The van der Waals surface area contributed by atoms with Crippen LogP contribution in [0.1, 0.15) is 10.4 Å². The van der Waals surface area contributed by atoms with Crippen molar-refractivity contribution >= 4 is 17.7 Å². The molecule has 0 saturated heterocycles. The van der Waals surface area contributed by atoms with Gasteiger partial charge in [0.25, 0.3) is 0 Å². The molecule has 98 valence electrons. The third kappa shape index (κ3) is 2.60. The SMILES string of the molecule is COc1cc(C=O)ccc1Oc1c(N)cccc1N. The van der Waals surface area contributed by atoms with Gasteiger partial charge in [-0.1, -0.05) is 6.07 Å². The van der Waals surface area contributed by atoms with E-state index in [9.17, 15) is 4.79 Å². The van der Waals surface area contributed by atoms with Crippen molar-refractivity contribution in [2.75, 3.05) is 18.6 Å². The van der Waals surface area contributed by atoms with Gasteiger partial charge in [0.2, 0.25) is 0 Å². The number of methoxy groups -OCH3 is 1. The number of hydrogen-bond acceptors (Lipinski definition) is 5. The van der Waals surface area contributed by atoms with Crippen molar-refractivity contribution in [3.05, 3.63) is 42.0 Å². The molecule has 4 N–H and O–H groups in total. The first kappa shape index (κ1) is 12.8. The Balaban J connectivity index is 2.40. The molecule has 0 atom stereocenters. The second-order valence-electron chi connectivity index (χ2n) is 3.90. The van der Waals surface area contributed by atoms with Crippen molar-refractivity contribution in [3.63, 3.8) is 0 Å². The summed E-state index contributed by atoms with van der Waals surface area (Å²) in [6.07, 6.45) is 0.734. The van der Waals surface area contributed by atoms with Crippen LogP contribution >= 0.6 is 0 Å². The van der Waals surface area contributed by atoms with Crippen molar-refractivity contribution in [2.24, 2.45) is 0 Å². The highest BCUT2D eigenvalue weighted by atomic mass is 16.5. The van der Waals surface area contributed by atoms with Crippen molar-refractivity contribution in [2.45, 2.75) is 0 Å². The molecule has 5 nitrogen and oxygen atoms in total. The van der Waals surface area contributed by atoms with Crippen LogP contribution in [0.25, 0.3) is 0 Å². The van der Waals surface area contributed by atoms with E-state index in [1.165, 1.54) is 7.11 Å². The summed E-state index contributed by atoms with van der Waals surface area (Å²) in [5, 5.41) is 0. The van der Waals surface area contributed by atoms with E-state index in [1.54, 1.807) is 36.4 Å². The predicted octanol–water partition coefficient (Wildman–Crippen LogP) is 2.46. The maximum Gasteiger partial charge on any atom is 0.173 e. The smallest absolute Gasteiger partial charge is 0.173 e. The molecule has 2 aromatic rings. The quantitative estimate of drug-likeness (QED) is 0.649. The lowest BCUT2D eigenvalue weighted by atomic mass is 10.2. The number of rotatable bonds is 4. The Morgan fingerprint density at radius 3 is 2.32 bits per heavy atom. The number of carbonyl (C=O) groups is 1.